The van der Waals surface area contributed by atoms with Crippen LogP contribution < -0.4 is 5.32 Å². The Morgan fingerprint density at radius 2 is 2.42 bits per heavy atom. The van der Waals surface area contributed by atoms with Crippen LogP contribution in [0.5, 0.6) is 0 Å². The number of aliphatic hydroxyl groups is 1. The molecule has 0 aromatic carbocycles. The first-order valence-corrected chi connectivity index (χ1v) is 7.28. The first-order valence-electron chi connectivity index (χ1n) is 7.28. The van der Waals surface area contributed by atoms with Crippen LogP contribution in [-0.2, 0) is 13.1 Å². The third-order valence-electron chi connectivity index (χ3n) is 3.72. The molecule has 2 N–H and O–H groups in total. The van der Waals surface area contributed by atoms with Crippen LogP contribution in [0.1, 0.15) is 31.9 Å². The first kappa shape index (κ1) is 14.4. The standard InChI is InChI=1S/C13H25N5O/c1-2-17-6-3-5-13(17)10-14-9-12-11-18(16-15-12)7-4-8-19/h11,13-14,19H,2-10H2,1H3. The van der Waals surface area contributed by atoms with Crippen molar-refractivity contribution in [3.63, 3.8) is 0 Å². The molecular weight excluding hydrogens is 242 g/mol. The molecule has 0 amide bonds. The zero-order valence-electron chi connectivity index (χ0n) is 11.8. The molecule has 1 aromatic heterocycles. The Morgan fingerprint density at radius 1 is 1.53 bits per heavy atom. The molecule has 0 radical (unpaired) electrons. The molecule has 1 unspecified atom stereocenters. The van der Waals surface area contributed by atoms with Crippen LogP contribution in [0.3, 0.4) is 0 Å². The van der Waals surface area contributed by atoms with Gasteiger partial charge in [-0.2, -0.15) is 0 Å². The summed E-state index contributed by atoms with van der Waals surface area (Å²) < 4.78 is 1.79. The maximum atomic E-state index is 8.77. The van der Waals surface area contributed by atoms with Gasteiger partial charge in [0, 0.05) is 38.5 Å². The molecule has 2 heterocycles. The monoisotopic (exact) mass is 267 g/mol. The van der Waals surface area contributed by atoms with Gasteiger partial charge in [-0.1, -0.05) is 12.1 Å². The minimum atomic E-state index is 0.196. The minimum Gasteiger partial charge on any atom is -0.396 e. The molecule has 0 saturated carbocycles. The lowest BCUT2D eigenvalue weighted by Crippen LogP contribution is -2.37. The van der Waals surface area contributed by atoms with E-state index in [4.69, 9.17) is 5.11 Å². The molecule has 6 heteroatoms. The Kier molecular flexibility index (Phi) is 5.75. The van der Waals surface area contributed by atoms with Gasteiger partial charge in [-0.25, -0.2) is 0 Å². The average Bonchev–Trinajstić information content (AvgIpc) is 3.05. The number of hydrogen-bond acceptors (Lipinski definition) is 5. The second-order valence-electron chi connectivity index (χ2n) is 5.11. The van der Waals surface area contributed by atoms with Crippen LogP contribution in [-0.4, -0.2) is 57.3 Å². The van der Waals surface area contributed by atoms with E-state index in [2.05, 4.69) is 27.5 Å². The number of nitrogens with zero attached hydrogens (tertiary/aromatic N) is 4. The van der Waals surface area contributed by atoms with E-state index >= 15 is 0 Å². The summed E-state index contributed by atoms with van der Waals surface area (Å²) in [6.07, 6.45) is 5.29. The van der Waals surface area contributed by atoms with Crippen molar-refractivity contribution in [2.45, 2.75) is 45.3 Å². The molecule has 0 bridgehead atoms. The quantitative estimate of drug-likeness (QED) is 0.706. The molecule has 1 fully saturated rings. The molecule has 0 aliphatic carbocycles. The van der Waals surface area contributed by atoms with Gasteiger partial charge in [0.05, 0.1) is 5.69 Å². The third kappa shape index (κ3) is 4.26. The van der Waals surface area contributed by atoms with E-state index in [0.29, 0.717) is 6.04 Å². The van der Waals surface area contributed by atoms with Crippen LogP contribution in [0, 0.1) is 0 Å². The van der Waals surface area contributed by atoms with Crippen molar-refractivity contribution in [3.05, 3.63) is 11.9 Å². The predicted octanol–water partition coefficient (Wildman–Crippen LogP) is 0.234. The third-order valence-corrected chi connectivity index (χ3v) is 3.72. The summed E-state index contributed by atoms with van der Waals surface area (Å²) in [7, 11) is 0. The van der Waals surface area contributed by atoms with Crippen LogP contribution >= 0.6 is 0 Å². The highest BCUT2D eigenvalue weighted by atomic mass is 16.3. The molecule has 1 aromatic rings. The predicted molar refractivity (Wildman–Crippen MR) is 73.7 cm³/mol. The summed E-state index contributed by atoms with van der Waals surface area (Å²) in [6.45, 7) is 7.33. The molecule has 1 aliphatic rings. The topological polar surface area (TPSA) is 66.2 Å². The lowest BCUT2D eigenvalue weighted by molar-refractivity contribution is 0.259. The van der Waals surface area contributed by atoms with Crippen molar-refractivity contribution in [2.24, 2.45) is 0 Å². The lowest BCUT2D eigenvalue weighted by Gasteiger charge is -2.22. The number of aliphatic hydroxyl groups excluding tert-OH is 1. The van der Waals surface area contributed by atoms with Gasteiger partial charge in [0.1, 0.15) is 0 Å². The number of likely N-dealkylation sites (N-methyl/N-ethyl adjacent to an activating group) is 1. The summed E-state index contributed by atoms with van der Waals surface area (Å²) >= 11 is 0. The van der Waals surface area contributed by atoms with Crippen molar-refractivity contribution < 1.29 is 5.11 Å². The van der Waals surface area contributed by atoms with Crippen molar-refractivity contribution in [1.82, 2.24) is 25.2 Å². The summed E-state index contributed by atoms with van der Waals surface area (Å²) in [4.78, 5) is 2.53. The van der Waals surface area contributed by atoms with Gasteiger partial charge in [0.25, 0.3) is 0 Å². The highest BCUT2D eigenvalue weighted by molar-refractivity contribution is 4.92. The Morgan fingerprint density at radius 3 is 3.21 bits per heavy atom. The van der Waals surface area contributed by atoms with Gasteiger partial charge < -0.3 is 10.4 Å². The fourth-order valence-corrected chi connectivity index (χ4v) is 2.67. The number of rotatable bonds is 8. The maximum Gasteiger partial charge on any atom is 0.0964 e. The van der Waals surface area contributed by atoms with Gasteiger partial charge in [-0.05, 0) is 32.4 Å². The highest BCUT2D eigenvalue weighted by Crippen LogP contribution is 2.15. The van der Waals surface area contributed by atoms with Crippen molar-refractivity contribution >= 4 is 0 Å². The van der Waals surface area contributed by atoms with Crippen LogP contribution in [0.15, 0.2) is 6.20 Å². The average molecular weight is 267 g/mol. The van der Waals surface area contributed by atoms with Crippen molar-refractivity contribution in [3.8, 4) is 0 Å². The van der Waals surface area contributed by atoms with Crippen LogP contribution in [0.25, 0.3) is 0 Å². The maximum absolute atomic E-state index is 8.77. The van der Waals surface area contributed by atoms with Crippen molar-refractivity contribution in [2.75, 3.05) is 26.2 Å². The smallest absolute Gasteiger partial charge is 0.0964 e. The molecule has 1 aliphatic heterocycles. The van der Waals surface area contributed by atoms with E-state index in [1.807, 2.05) is 6.20 Å². The van der Waals surface area contributed by atoms with Crippen molar-refractivity contribution in [1.29, 1.82) is 0 Å². The molecular formula is C13H25N5O. The molecule has 6 nitrogen and oxygen atoms in total. The molecule has 2 rings (SSSR count). The Bertz CT molecular complexity index is 368. The second kappa shape index (κ2) is 7.57. The Hall–Kier alpha value is -0.980. The van der Waals surface area contributed by atoms with Gasteiger partial charge in [-0.3, -0.25) is 9.58 Å². The first-order chi connectivity index (χ1) is 9.33. The van der Waals surface area contributed by atoms with E-state index in [9.17, 15) is 0 Å². The number of hydrogen-bond donors (Lipinski definition) is 2. The summed E-state index contributed by atoms with van der Waals surface area (Å²) in [5.74, 6) is 0. The number of aryl methyl sites for hydroxylation is 1. The van der Waals surface area contributed by atoms with E-state index in [1.54, 1.807) is 4.68 Å². The summed E-state index contributed by atoms with van der Waals surface area (Å²) in [6, 6.07) is 0.675. The van der Waals surface area contributed by atoms with Gasteiger partial charge in [0.2, 0.25) is 0 Å². The van der Waals surface area contributed by atoms with Crippen LogP contribution in [0.2, 0.25) is 0 Å². The lowest BCUT2D eigenvalue weighted by atomic mass is 10.2. The van der Waals surface area contributed by atoms with Crippen LogP contribution in [0.4, 0.5) is 0 Å². The summed E-state index contributed by atoms with van der Waals surface area (Å²) in [5, 5.41) is 20.4. The molecule has 0 spiro atoms. The van der Waals surface area contributed by atoms with Gasteiger partial charge in [-0.15, -0.1) is 5.10 Å². The second-order valence-corrected chi connectivity index (χ2v) is 5.11. The fraction of sp³-hybridized carbons (Fsp3) is 0.846. The van der Waals surface area contributed by atoms with E-state index < -0.39 is 0 Å². The largest absolute Gasteiger partial charge is 0.396 e. The van der Waals surface area contributed by atoms with E-state index in [1.165, 1.54) is 19.4 Å². The minimum absolute atomic E-state index is 0.196. The SMILES string of the molecule is CCN1CCCC1CNCc1cn(CCCO)nn1. The van der Waals surface area contributed by atoms with Gasteiger partial charge in [0.15, 0.2) is 0 Å². The zero-order chi connectivity index (χ0) is 13.5. The Labute approximate surface area is 114 Å². The molecule has 19 heavy (non-hydrogen) atoms. The Balaban J connectivity index is 1.69. The number of aromatic nitrogens is 3. The van der Waals surface area contributed by atoms with E-state index in [-0.39, 0.29) is 6.61 Å². The normalized spacial score (nSPS) is 20.2. The highest BCUT2D eigenvalue weighted by Gasteiger charge is 2.22. The van der Waals surface area contributed by atoms with Gasteiger partial charge >= 0.3 is 0 Å². The molecule has 1 atom stereocenters. The van der Waals surface area contributed by atoms with E-state index in [0.717, 1.165) is 38.3 Å². The summed E-state index contributed by atoms with van der Waals surface area (Å²) in [5.41, 5.74) is 0.971. The molecule has 1 saturated heterocycles. The zero-order valence-corrected chi connectivity index (χ0v) is 11.8. The number of likely N-dealkylation sites (tertiary alicyclic amines) is 1. The number of nitrogens with one attached hydrogen (secondary N) is 1. The molecule has 108 valence electrons. The fourth-order valence-electron chi connectivity index (χ4n) is 2.67.